The van der Waals surface area contributed by atoms with Gasteiger partial charge in [0.25, 0.3) is 11.5 Å². The van der Waals surface area contributed by atoms with Crippen LogP contribution in [0.2, 0.25) is 0 Å². The third-order valence-electron chi connectivity index (χ3n) is 4.61. The van der Waals surface area contributed by atoms with Crippen LogP contribution in [-0.4, -0.2) is 27.3 Å². The van der Waals surface area contributed by atoms with Crippen molar-refractivity contribution in [3.63, 3.8) is 0 Å². The Balaban J connectivity index is 1.92. The molecule has 0 atom stereocenters. The molecule has 3 aromatic rings. The Labute approximate surface area is 166 Å². The number of aryl methyl sites for hydroxylation is 2. The number of carbonyl (C=O) groups is 1. The molecule has 0 aliphatic rings. The minimum atomic E-state index is -0.689. The van der Waals surface area contributed by atoms with Crippen LogP contribution in [0.5, 0.6) is 5.88 Å². The van der Waals surface area contributed by atoms with E-state index in [-0.39, 0.29) is 30.3 Å². The van der Waals surface area contributed by atoms with Gasteiger partial charge in [-0.15, -0.1) is 10.2 Å². The number of ether oxygens (including phenoxy) is 1. The molecule has 0 fully saturated rings. The monoisotopic (exact) mass is 393 g/mol. The van der Waals surface area contributed by atoms with Crippen LogP contribution in [0, 0.1) is 18.3 Å². The lowest BCUT2D eigenvalue weighted by molar-refractivity contribution is -0.118. The van der Waals surface area contributed by atoms with Gasteiger partial charge in [-0.3, -0.25) is 9.59 Å². The van der Waals surface area contributed by atoms with Crippen LogP contribution in [0.15, 0.2) is 45.4 Å². The second kappa shape index (κ2) is 8.08. The Kier molecular flexibility index (Phi) is 5.57. The first kappa shape index (κ1) is 20.0. The molecule has 1 N–H and O–H groups in total. The van der Waals surface area contributed by atoms with Gasteiger partial charge in [0.2, 0.25) is 5.88 Å². The highest BCUT2D eigenvalue weighted by Gasteiger charge is 2.16. The van der Waals surface area contributed by atoms with Crippen molar-refractivity contribution in [3.05, 3.63) is 57.5 Å². The van der Waals surface area contributed by atoms with E-state index in [1.165, 1.54) is 16.2 Å². The van der Waals surface area contributed by atoms with Gasteiger partial charge in [0.1, 0.15) is 18.2 Å². The molecule has 0 bridgehead atoms. The molecule has 0 saturated carbocycles. The summed E-state index contributed by atoms with van der Waals surface area (Å²) in [5.41, 5.74) is 1.21. The van der Waals surface area contributed by atoms with Crippen LogP contribution < -0.4 is 5.56 Å². The third kappa shape index (κ3) is 3.66. The minimum absolute atomic E-state index is 0.0751. The molecule has 148 valence electrons. The number of aromatic hydroxyl groups is 1. The molecule has 9 heteroatoms. The lowest BCUT2D eigenvalue weighted by Gasteiger charge is -2.11. The maximum atomic E-state index is 12.6. The highest BCUT2D eigenvalue weighted by Crippen LogP contribution is 2.37. The average Bonchev–Trinajstić information content (AvgIpc) is 2.94. The number of hydrogen-bond donors (Lipinski definition) is 1. The van der Waals surface area contributed by atoms with Crippen molar-refractivity contribution < 1.29 is 14.6 Å². The zero-order valence-electron chi connectivity index (χ0n) is 16.2. The SMILES string of the molecule is COCc1cc(C)n(CC(=O)N=Nc2c(O)n(C)c3ccccc23)c(=O)c1C#N. The maximum Gasteiger partial charge on any atom is 0.284 e. The number of nitriles is 1. The molecule has 0 aliphatic heterocycles. The lowest BCUT2D eigenvalue weighted by Crippen LogP contribution is -2.28. The number of para-hydroxylation sites is 1. The number of fused-ring (bicyclic) bond motifs is 1. The molecule has 0 saturated heterocycles. The topological polar surface area (TPSA) is 122 Å². The summed E-state index contributed by atoms with van der Waals surface area (Å²) in [6, 6.07) is 10.7. The molecule has 9 nitrogen and oxygen atoms in total. The lowest BCUT2D eigenvalue weighted by atomic mass is 10.1. The van der Waals surface area contributed by atoms with Gasteiger partial charge in [0.15, 0.2) is 5.69 Å². The fourth-order valence-corrected chi connectivity index (χ4v) is 3.15. The number of amides is 1. The zero-order valence-corrected chi connectivity index (χ0v) is 16.2. The number of hydrogen-bond acceptors (Lipinski definition) is 6. The smallest absolute Gasteiger partial charge is 0.284 e. The molecular weight excluding hydrogens is 374 g/mol. The van der Waals surface area contributed by atoms with Crippen LogP contribution in [-0.2, 0) is 29.7 Å². The molecule has 1 aromatic carbocycles. The fourth-order valence-electron chi connectivity index (χ4n) is 3.15. The van der Waals surface area contributed by atoms with Crippen LogP contribution in [0.4, 0.5) is 5.69 Å². The summed E-state index contributed by atoms with van der Waals surface area (Å²) in [6.07, 6.45) is 0. The molecule has 0 radical (unpaired) electrons. The molecule has 2 heterocycles. The Bertz CT molecular complexity index is 1230. The molecular formula is C20H19N5O4. The largest absolute Gasteiger partial charge is 0.493 e. The fraction of sp³-hybridized carbons (Fsp3) is 0.250. The predicted octanol–water partition coefficient (Wildman–Crippen LogP) is 2.68. The first-order valence-electron chi connectivity index (χ1n) is 8.72. The van der Waals surface area contributed by atoms with Crippen LogP contribution in [0.25, 0.3) is 10.9 Å². The van der Waals surface area contributed by atoms with Gasteiger partial charge in [-0.25, -0.2) is 0 Å². The standard InChI is InChI=1S/C20H19N5O4/c1-12-8-13(11-29-3)15(9-21)19(27)25(12)10-17(26)22-23-18-14-6-4-5-7-16(14)24(2)20(18)28/h4-8,28H,10-11H2,1-3H3. The Hall–Kier alpha value is -3.77. The van der Waals surface area contributed by atoms with E-state index in [0.29, 0.717) is 16.6 Å². The molecule has 1 amide bonds. The van der Waals surface area contributed by atoms with E-state index < -0.39 is 11.5 Å². The van der Waals surface area contributed by atoms with Gasteiger partial charge in [0.05, 0.1) is 12.1 Å². The summed E-state index contributed by atoms with van der Waals surface area (Å²) in [4.78, 5) is 24.9. The van der Waals surface area contributed by atoms with Gasteiger partial charge < -0.3 is 19.0 Å². The molecule has 29 heavy (non-hydrogen) atoms. The minimum Gasteiger partial charge on any atom is -0.493 e. The highest BCUT2D eigenvalue weighted by atomic mass is 16.5. The normalized spacial score (nSPS) is 11.2. The second-order valence-corrected chi connectivity index (χ2v) is 6.46. The number of pyridine rings is 1. The van der Waals surface area contributed by atoms with Gasteiger partial charge in [-0.1, -0.05) is 18.2 Å². The summed E-state index contributed by atoms with van der Waals surface area (Å²) >= 11 is 0. The van der Waals surface area contributed by atoms with Crippen molar-refractivity contribution in [3.8, 4) is 11.9 Å². The van der Waals surface area contributed by atoms with Crippen LogP contribution >= 0.6 is 0 Å². The van der Waals surface area contributed by atoms with E-state index in [9.17, 15) is 20.0 Å². The molecule has 0 unspecified atom stereocenters. The summed E-state index contributed by atoms with van der Waals surface area (Å²) in [5.74, 6) is -0.808. The van der Waals surface area contributed by atoms with Gasteiger partial charge in [-0.05, 0) is 19.1 Å². The Morgan fingerprint density at radius 1 is 1.34 bits per heavy atom. The summed E-state index contributed by atoms with van der Waals surface area (Å²) < 4.78 is 7.72. The van der Waals surface area contributed by atoms with E-state index >= 15 is 0 Å². The number of carbonyl (C=O) groups excluding carboxylic acids is 1. The van der Waals surface area contributed by atoms with E-state index in [2.05, 4.69) is 10.2 Å². The van der Waals surface area contributed by atoms with E-state index in [1.807, 2.05) is 18.2 Å². The van der Waals surface area contributed by atoms with Crippen molar-refractivity contribution in [2.45, 2.75) is 20.1 Å². The molecule has 2 aromatic heterocycles. The van der Waals surface area contributed by atoms with Gasteiger partial charge in [0, 0.05) is 30.8 Å². The number of benzene rings is 1. The number of azo groups is 1. The second-order valence-electron chi connectivity index (χ2n) is 6.46. The summed E-state index contributed by atoms with van der Waals surface area (Å²) in [6.45, 7) is 1.40. The highest BCUT2D eigenvalue weighted by molar-refractivity contribution is 5.95. The first-order chi connectivity index (χ1) is 13.9. The maximum absolute atomic E-state index is 12.6. The molecule has 0 aliphatic carbocycles. The Morgan fingerprint density at radius 3 is 2.76 bits per heavy atom. The van der Waals surface area contributed by atoms with Crippen molar-refractivity contribution in [1.82, 2.24) is 9.13 Å². The summed E-state index contributed by atoms with van der Waals surface area (Å²) in [7, 11) is 3.14. The van der Waals surface area contributed by atoms with Gasteiger partial charge >= 0.3 is 0 Å². The number of aromatic nitrogens is 2. The third-order valence-corrected chi connectivity index (χ3v) is 4.61. The van der Waals surface area contributed by atoms with E-state index in [1.54, 1.807) is 32.2 Å². The van der Waals surface area contributed by atoms with Crippen molar-refractivity contribution in [2.24, 2.45) is 17.3 Å². The predicted molar refractivity (Wildman–Crippen MR) is 105 cm³/mol. The van der Waals surface area contributed by atoms with Crippen molar-refractivity contribution >= 4 is 22.5 Å². The summed E-state index contributed by atoms with van der Waals surface area (Å²) in [5, 5.41) is 27.7. The van der Waals surface area contributed by atoms with Gasteiger partial charge in [-0.2, -0.15) is 5.26 Å². The number of rotatable bonds is 5. The van der Waals surface area contributed by atoms with Crippen molar-refractivity contribution in [1.29, 1.82) is 5.26 Å². The number of nitrogens with zero attached hydrogens (tertiary/aromatic N) is 5. The first-order valence-corrected chi connectivity index (χ1v) is 8.72. The van der Waals surface area contributed by atoms with Crippen molar-refractivity contribution in [2.75, 3.05) is 7.11 Å². The number of methoxy groups -OCH3 is 1. The Morgan fingerprint density at radius 2 is 2.07 bits per heavy atom. The van der Waals surface area contributed by atoms with E-state index in [0.717, 1.165) is 5.52 Å². The average molecular weight is 393 g/mol. The quantitative estimate of drug-likeness (QED) is 0.668. The molecule has 0 spiro atoms. The van der Waals surface area contributed by atoms with Crippen LogP contribution in [0.3, 0.4) is 0 Å². The molecule has 3 rings (SSSR count). The zero-order chi connectivity index (χ0) is 21.1. The van der Waals surface area contributed by atoms with E-state index in [4.69, 9.17) is 4.74 Å². The van der Waals surface area contributed by atoms with Crippen LogP contribution in [0.1, 0.15) is 16.8 Å².